The molecular formula is C29H34N4O. The van der Waals surface area contributed by atoms with Crippen molar-refractivity contribution in [2.24, 2.45) is 0 Å². The third-order valence-corrected chi connectivity index (χ3v) is 6.83. The summed E-state index contributed by atoms with van der Waals surface area (Å²) in [6.07, 6.45) is 7.10. The molecule has 1 unspecified atom stereocenters. The summed E-state index contributed by atoms with van der Waals surface area (Å²) in [5, 5.41) is 8.46. The van der Waals surface area contributed by atoms with Crippen LogP contribution in [0.3, 0.4) is 0 Å². The number of benzene rings is 2. The van der Waals surface area contributed by atoms with Gasteiger partial charge >= 0.3 is 0 Å². The van der Waals surface area contributed by atoms with Crippen molar-refractivity contribution in [1.82, 2.24) is 9.97 Å². The normalized spacial score (nSPS) is 15.5. The standard InChI is InChI=1S/C29H34N4O/c1-29(2,3)24-7-5-6-22-19(18-32-27(22)24)14-16-30-20-8-10-21(11-9-20)33-25-15-17-31-28-23(25)12-13-26(28)34-4/h5-11,15,17-18,26,30,32H,12-14,16H2,1-4H3,(H,31,33). The van der Waals surface area contributed by atoms with Crippen LogP contribution >= 0.6 is 0 Å². The molecule has 5 rings (SSSR count). The number of H-pyrrole nitrogens is 1. The fourth-order valence-electron chi connectivity index (χ4n) is 5.02. The van der Waals surface area contributed by atoms with Crippen molar-refractivity contribution in [1.29, 1.82) is 0 Å². The third-order valence-electron chi connectivity index (χ3n) is 6.83. The van der Waals surface area contributed by atoms with E-state index in [1.165, 1.54) is 27.6 Å². The fourth-order valence-corrected chi connectivity index (χ4v) is 5.02. The maximum atomic E-state index is 5.57. The summed E-state index contributed by atoms with van der Waals surface area (Å²) in [6, 6.07) is 17.2. The van der Waals surface area contributed by atoms with Crippen LogP contribution in [0.5, 0.6) is 0 Å². The van der Waals surface area contributed by atoms with Crippen molar-refractivity contribution in [3.8, 4) is 0 Å². The van der Waals surface area contributed by atoms with Crippen LogP contribution in [0.2, 0.25) is 0 Å². The molecule has 2 aromatic heterocycles. The molecule has 0 bridgehead atoms. The lowest BCUT2D eigenvalue weighted by Crippen LogP contribution is -2.11. The Hall–Kier alpha value is -3.31. The van der Waals surface area contributed by atoms with Crippen LogP contribution in [0.4, 0.5) is 17.1 Å². The molecule has 0 fully saturated rings. The minimum absolute atomic E-state index is 0.112. The zero-order valence-corrected chi connectivity index (χ0v) is 20.5. The number of hydrogen-bond acceptors (Lipinski definition) is 4. The molecular weight excluding hydrogens is 420 g/mol. The topological polar surface area (TPSA) is 62.0 Å². The number of para-hydroxylation sites is 1. The number of nitrogens with one attached hydrogen (secondary N) is 3. The average molecular weight is 455 g/mol. The van der Waals surface area contributed by atoms with Crippen molar-refractivity contribution in [3.63, 3.8) is 0 Å². The van der Waals surface area contributed by atoms with Gasteiger partial charge in [-0.1, -0.05) is 39.0 Å². The highest BCUT2D eigenvalue weighted by atomic mass is 16.5. The zero-order valence-electron chi connectivity index (χ0n) is 20.5. The third kappa shape index (κ3) is 4.40. The van der Waals surface area contributed by atoms with Crippen molar-refractivity contribution in [3.05, 3.63) is 83.3 Å². The number of aromatic nitrogens is 2. The van der Waals surface area contributed by atoms with Crippen molar-refractivity contribution >= 4 is 28.0 Å². The van der Waals surface area contributed by atoms with Crippen LogP contribution in [0.1, 0.15) is 55.7 Å². The van der Waals surface area contributed by atoms with Gasteiger partial charge in [0.1, 0.15) is 0 Å². The Balaban J connectivity index is 1.22. The number of aromatic amines is 1. The van der Waals surface area contributed by atoms with E-state index < -0.39 is 0 Å². The molecule has 1 aliphatic carbocycles. The molecule has 0 saturated heterocycles. The Morgan fingerprint density at radius 3 is 2.62 bits per heavy atom. The molecule has 1 aliphatic rings. The van der Waals surface area contributed by atoms with Crippen molar-refractivity contribution < 1.29 is 4.74 Å². The van der Waals surface area contributed by atoms with Gasteiger partial charge in [-0.05, 0) is 71.7 Å². The highest BCUT2D eigenvalue weighted by Crippen LogP contribution is 2.37. The predicted molar refractivity (Wildman–Crippen MR) is 141 cm³/mol. The first-order valence-electron chi connectivity index (χ1n) is 12.1. The number of rotatable bonds is 7. The van der Waals surface area contributed by atoms with E-state index in [2.05, 4.69) is 96.1 Å². The largest absolute Gasteiger partial charge is 0.385 e. The quantitative estimate of drug-likeness (QED) is 0.284. The summed E-state index contributed by atoms with van der Waals surface area (Å²) in [5.41, 5.74) is 9.77. The van der Waals surface area contributed by atoms with Crippen molar-refractivity contribution in [2.45, 2.75) is 51.6 Å². The summed E-state index contributed by atoms with van der Waals surface area (Å²) < 4.78 is 5.57. The van der Waals surface area contributed by atoms with Crippen LogP contribution < -0.4 is 10.6 Å². The Kier molecular flexibility index (Phi) is 6.05. The van der Waals surface area contributed by atoms with Gasteiger partial charge < -0.3 is 20.4 Å². The Labute approximate surface area is 202 Å². The van der Waals surface area contributed by atoms with Gasteiger partial charge in [-0.15, -0.1) is 0 Å². The average Bonchev–Trinajstić information content (AvgIpc) is 3.44. The van der Waals surface area contributed by atoms with Crippen LogP contribution in [0.25, 0.3) is 10.9 Å². The first-order chi connectivity index (χ1) is 16.4. The van der Waals surface area contributed by atoms with E-state index in [1.807, 2.05) is 6.20 Å². The molecule has 34 heavy (non-hydrogen) atoms. The van der Waals surface area contributed by atoms with Crippen LogP contribution in [0.15, 0.2) is 60.9 Å². The molecule has 0 amide bonds. The van der Waals surface area contributed by atoms with Crippen molar-refractivity contribution in [2.75, 3.05) is 24.3 Å². The smallest absolute Gasteiger partial charge is 0.0997 e. The highest BCUT2D eigenvalue weighted by Gasteiger charge is 2.26. The predicted octanol–water partition coefficient (Wildman–Crippen LogP) is 6.89. The van der Waals surface area contributed by atoms with Gasteiger partial charge in [0, 0.05) is 54.0 Å². The van der Waals surface area contributed by atoms with Crippen LogP contribution in [0, 0.1) is 0 Å². The second-order valence-electron chi connectivity index (χ2n) is 10.2. The Bertz CT molecular complexity index is 1280. The van der Waals surface area contributed by atoms with Gasteiger partial charge in [-0.3, -0.25) is 4.98 Å². The van der Waals surface area contributed by atoms with E-state index in [0.29, 0.717) is 0 Å². The van der Waals surface area contributed by atoms with Gasteiger partial charge in [-0.2, -0.15) is 0 Å². The number of anilines is 3. The second kappa shape index (κ2) is 9.15. The van der Waals surface area contributed by atoms with E-state index in [9.17, 15) is 0 Å². The molecule has 2 heterocycles. The minimum atomic E-state index is 0.112. The maximum absolute atomic E-state index is 5.57. The molecule has 5 heteroatoms. The lowest BCUT2D eigenvalue weighted by Gasteiger charge is -2.20. The molecule has 0 aliphatic heterocycles. The number of ether oxygens (including phenoxy) is 1. The minimum Gasteiger partial charge on any atom is -0.385 e. The van der Waals surface area contributed by atoms with E-state index >= 15 is 0 Å². The van der Waals surface area contributed by atoms with E-state index in [4.69, 9.17) is 4.74 Å². The molecule has 1 atom stereocenters. The SMILES string of the molecule is COC1CCc2c(Nc3ccc(NCCc4c[nH]c5c(C(C)(C)C)cccc45)cc3)ccnc21. The Morgan fingerprint density at radius 1 is 1.06 bits per heavy atom. The fraction of sp³-hybridized carbons (Fsp3) is 0.345. The highest BCUT2D eigenvalue weighted by molar-refractivity contribution is 5.87. The molecule has 2 aromatic carbocycles. The summed E-state index contributed by atoms with van der Waals surface area (Å²) >= 11 is 0. The molecule has 0 saturated carbocycles. The molecule has 3 N–H and O–H groups in total. The summed E-state index contributed by atoms with van der Waals surface area (Å²) in [7, 11) is 1.76. The number of pyridine rings is 1. The monoisotopic (exact) mass is 454 g/mol. The Morgan fingerprint density at radius 2 is 1.85 bits per heavy atom. The number of nitrogens with zero attached hydrogens (tertiary/aromatic N) is 1. The first-order valence-corrected chi connectivity index (χ1v) is 12.1. The number of fused-ring (bicyclic) bond motifs is 2. The van der Waals surface area contributed by atoms with Gasteiger partial charge in [0.15, 0.2) is 0 Å². The van der Waals surface area contributed by atoms with E-state index in [1.54, 1.807) is 7.11 Å². The van der Waals surface area contributed by atoms with Crippen LogP contribution in [-0.4, -0.2) is 23.6 Å². The zero-order chi connectivity index (χ0) is 23.7. The van der Waals surface area contributed by atoms with Gasteiger partial charge in [0.05, 0.1) is 11.8 Å². The lowest BCUT2D eigenvalue weighted by atomic mass is 9.85. The van der Waals surface area contributed by atoms with Gasteiger partial charge in [0.2, 0.25) is 0 Å². The number of hydrogen-bond donors (Lipinski definition) is 3. The molecule has 4 aromatic rings. The second-order valence-corrected chi connectivity index (χ2v) is 10.2. The summed E-state index contributed by atoms with van der Waals surface area (Å²) in [5.74, 6) is 0. The van der Waals surface area contributed by atoms with Gasteiger partial charge in [0.25, 0.3) is 0 Å². The molecule has 0 radical (unpaired) electrons. The lowest BCUT2D eigenvalue weighted by molar-refractivity contribution is 0.102. The molecule has 176 valence electrons. The van der Waals surface area contributed by atoms with Crippen LogP contribution in [-0.2, 0) is 23.0 Å². The molecule has 5 nitrogen and oxygen atoms in total. The first kappa shape index (κ1) is 22.5. The summed E-state index contributed by atoms with van der Waals surface area (Å²) in [6.45, 7) is 7.68. The van der Waals surface area contributed by atoms with E-state index in [0.717, 1.165) is 48.6 Å². The molecule has 0 spiro atoms. The summed E-state index contributed by atoms with van der Waals surface area (Å²) in [4.78, 5) is 8.06. The number of methoxy groups -OCH3 is 1. The van der Waals surface area contributed by atoms with Gasteiger partial charge in [-0.25, -0.2) is 0 Å². The van der Waals surface area contributed by atoms with E-state index in [-0.39, 0.29) is 11.5 Å². The maximum Gasteiger partial charge on any atom is 0.0997 e.